The summed E-state index contributed by atoms with van der Waals surface area (Å²) in [6.45, 7) is 0. The second-order valence-corrected chi connectivity index (χ2v) is 11.4. The van der Waals surface area contributed by atoms with Gasteiger partial charge in [0.1, 0.15) is 10.0 Å². The summed E-state index contributed by atoms with van der Waals surface area (Å²) >= 11 is 2.92. The number of aromatic nitrogens is 2. The van der Waals surface area contributed by atoms with Crippen molar-refractivity contribution in [1.82, 2.24) is 9.97 Å². The maximum Gasteiger partial charge on any atom is 0.339 e. The highest BCUT2D eigenvalue weighted by atomic mass is 32.1. The number of ether oxygens (including phenoxy) is 1. The Hall–Kier alpha value is -5.98. The minimum Gasteiger partial charge on any atom is -0.478 e. The number of hydrogen-bond acceptors (Lipinski definition) is 9. The van der Waals surface area contributed by atoms with Gasteiger partial charge in [-0.3, -0.25) is 9.59 Å². The van der Waals surface area contributed by atoms with Gasteiger partial charge in [0.2, 0.25) is 0 Å². The molecule has 10 nitrogen and oxygen atoms in total. The van der Waals surface area contributed by atoms with Gasteiger partial charge in [0.25, 0.3) is 11.8 Å². The molecule has 2 aromatic heterocycles. The number of anilines is 2. The first-order valence-corrected chi connectivity index (χ1v) is 15.7. The molecule has 0 aliphatic rings. The number of esters is 1. The number of nitrogens with zero attached hydrogens (tertiary/aromatic N) is 2. The highest BCUT2D eigenvalue weighted by molar-refractivity contribution is 7.13. The lowest BCUT2D eigenvalue weighted by atomic mass is 10.1. The number of benzene rings is 4. The lowest BCUT2D eigenvalue weighted by molar-refractivity contribution is 0.0600. The van der Waals surface area contributed by atoms with Crippen LogP contribution >= 0.6 is 22.7 Å². The molecule has 0 fully saturated rings. The fraction of sp³-hybridized carbons (Fsp3) is 0.0286. The molecule has 6 aromatic rings. The molecule has 47 heavy (non-hydrogen) atoms. The van der Waals surface area contributed by atoms with Gasteiger partial charge in [-0.05, 0) is 48.5 Å². The molecule has 3 N–H and O–H groups in total. The zero-order valence-electron chi connectivity index (χ0n) is 24.7. The molecule has 0 saturated heterocycles. The monoisotopic (exact) mass is 662 g/mol. The van der Waals surface area contributed by atoms with Crippen molar-refractivity contribution in [1.29, 1.82) is 0 Å². The number of carbonyl (C=O) groups excluding carboxylic acids is 3. The second kappa shape index (κ2) is 15.3. The molecule has 0 spiro atoms. The Balaban J connectivity index is 0.000000185. The van der Waals surface area contributed by atoms with Crippen LogP contribution in [-0.2, 0) is 4.74 Å². The van der Waals surface area contributed by atoms with E-state index in [4.69, 9.17) is 4.74 Å². The quantitative estimate of drug-likeness (QED) is 0.141. The van der Waals surface area contributed by atoms with Crippen molar-refractivity contribution in [3.05, 3.63) is 142 Å². The summed E-state index contributed by atoms with van der Waals surface area (Å²) in [6.07, 6.45) is 3.38. The lowest BCUT2D eigenvalue weighted by Crippen LogP contribution is -2.15. The first kappa shape index (κ1) is 32.4. The number of amides is 2. The number of methoxy groups -OCH3 is 1. The predicted molar refractivity (Wildman–Crippen MR) is 182 cm³/mol. The second-order valence-electron chi connectivity index (χ2n) is 9.63. The highest BCUT2D eigenvalue weighted by Gasteiger charge is 2.17. The van der Waals surface area contributed by atoms with E-state index in [9.17, 15) is 24.3 Å². The first-order chi connectivity index (χ1) is 22.8. The molecule has 0 aliphatic heterocycles. The summed E-state index contributed by atoms with van der Waals surface area (Å²) in [5.41, 5.74) is 3.52. The van der Waals surface area contributed by atoms with Crippen LogP contribution in [0.25, 0.3) is 21.1 Å². The van der Waals surface area contributed by atoms with Gasteiger partial charge in [0.15, 0.2) is 0 Å². The molecule has 0 bridgehead atoms. The molecule has 12 heteroatoms. The molecule has 0 radical (unpaired) electrons. The van der Waals surface area contributed by atoms with Gasteiger partial charge in [0.05, 0.1) is 29.6 Å². The summed E-state index contributed by atoms with van der Waals surface area (Å²) in [6, 6.07) is 27.4. The SMILES string of the molecule is COC(=O)c1ccc(-c2nccs2)cc1NC(=O)c1ccccc1.O=C(Nc1cc(-c2nccs2)ccc1C(=O)O)c1ccccc1. The van der Waals surface area contributed by atoms with Crippen molar-refractivity contribution >= 4 is 57.8 Å². The van der Waals surface area contributed by atoms with Gasteiger partial charge in [0, 0.05) is 45.4 Å². The van der Waals surface area contributed by atoms with Crippen molar-refractivity contribution in [2.75, 3.05) is 17.7 Å². The average molecular weight is 663 g/mol. The fourth-order valence-electron chi connectivity index (χ4n) is 4.34. The molecule has 0 unspecified atom stereocenters. The number of hydrogen-bond donors (Lipinski definition) is 3. The van der Waals surface area contributed by atoms with E-state index in [2.05, 4.69) is 20.6 Å². The van der Waals surface area contributed by atoms with Crippen LogP contribution in [0.5, 0.6) is 0 Å². The van der Waals surface area contributed by atoms with Crippen molar-refractivity contribution < 1.29 is 29.0 Å². The van der Waals surface area contributed by atoms with E-state index in [1.165, 1.54) is 35.8 Å². The standard InChI is InChI=1S/C18H14N2O3S.C17H12N2O3S/c1-23-18(22)14-8-7-13(17-19-9-10-24-17)11-15(14)20-16(21)12-5-3-2-4-6-12;20-15(11-4-2-1-3-5-11)19-14-10-12(16-18-8-9-23-16)6-7-13(14)17(21)22/h2-11H,1H3,(H,20,21);1-10H,(H,19,20)(H,21,22). The van der Waals surface area contributed by atoms with E-state index in [0.29, 0.717) is 22.4 Å². The number of carboxylic acid groups (broad SMARTS) is 1. The number of carbonyl (C=O) groups is 4. The van der Waals surface area contributed by atoms with E-state index in [1.54, 1.807) is 91.3 Å². The van der Waals surface area contributed by atoms with Crippen LogP contribution in [0.4, 0.5) is 11.4 Å². The summed E-state index contributed by atoms with van der Waals surface area (Å²) < 4.78 is 4.79. The van der Waals surface area contributed by atoms with Crippen LogP contribution in [0, 0.1) is 0 Å². The minimum absolute atomic E-state index is 0.0367. The van der Waals surface area contributed by atoms with Crippen molar-refractivity contribution in [3.8, 4) is 21.1 Å². The van der Waals surface area contributed by atoms with Crippen LogP contribution in [0.3, 0.4) is 0 Å². The van der Waals surface area contributed by atoms with Crippen LogP contribution in [0.15, 0.2) is 120 Å². The van der Waals surface area contributed by atoms with Gasteiger partial charge in [-0.2, -0.15) is 0 Å². The van der Waals surface area contributed by atoms with E-state index in [-0.39, 0.29) is 23.1 Å². The molecule has 2 heterocycles. The van der Waals surface area contributed by atoms with Gasteiger partial charge in [-0.15, -0.1) is 22.7 Å². The molecule has 0 aliphatic carbocycles. The number of nitrogens with one attached hydrogen (secondary N) is 2. The molecule has 6 rings (SSSR count). The van der Waals surface area contributed by atoms with Gasteiger partial charge < -0.3 is 20.5 Å². The molecule has 0 saturated carbocycles. The molecule has 2 amide bonds. The van der Waals surface area contributed by atoms with E-state index in [1.807, 2.05) is 22.9 Å². The maximum absolute atomic E-state index is 12.4. The molecule has 234 valence electrons. The van der Waals surface area contributed by atoms with Crippen molar-refractivity contribution in [2.24, 2.45) is 0 Å². The third-order valence-electron chi connectivity index (χ3n) is 6.60. The Morgan fingerprint density at radius 2 is 1.09 bits per heavy atom. The molecule has 0 atom stereocenters. The van der Waals surface area contributed by atoms with Crippen LogP contribution in [0.2, 0.25) is 0 Å². The lowest BCUT2D eigenvalue weighted by Gasteiger charge is -2.11. The third-order valence-corrected chi connectivity index (χ3v) is 8.25. The Labute approximate surface area is 277 Å². The number of rotatable bonds is 8. The third kappa shape index (κ3) is 8.19. The largest absolute Gasteiger partial charge is 0.478 e. The molecular weight excluding hydrogens is 637 g/mol. The zero-order chi connectivity index (χ0) is 33.2. The highest BCUT2D eigenvalue weighted by Crippen LogP contribution is 2.29. The smallest absolute Gasteiger partial charge is 0.339 e. The van der Waals surface area contributed by atoms with Gasteiger partial charge >= 0.3 is 11.9 Å². The van der Waals surface area contributed by atoms with E-state index in [0.717, 1.165) is 21.1 Å². The Kier molecular flexibility index (Phi) is 10.6. The van der Waals surface area contributed by atoms with E-state index >= 15 is 0 Å². The number of carboxylic acids is 1. The number of thiazole rings is 2. The first-order valence-electron chi connectivity index (χ1n) is 14.0. The summed E-state index contributed by atoms with van der Waals surface area (Å²) in [4.78, 5) is 56.5. The zero-order valence-corrected chi connectivity index (χ0v) is 26.4. The molecule has 4 aromatic carbocycles. The predicted octanol–water partition coefficient (Wildman–Crippen LogP) is 7.61. The van der Waals surface area contributed by atoms with Crippen LogP contribution in [0.1, 0.15) is 41.4 Å². The minimum atomic E-state index is -1.10. The average Bonchev–Trinajstić information content (AvgIpc) is 3.85. The Morgan fingerprint density at radius 3 is 1.49 bits per heavy atom. The maximum atomic E-state index is 12.4. The number of aromatic carboxylic acids is 1. The topological polar surface area (TPSA) is 148 Å². The van der Waals surface area contributed by atoms with Crippen molar-refractivity contribution in [2.45, 2.75) is 0 Å². The van der Waals surface area contributed by atoms with Gasteiger partial charge in [-0.1, -0.05) is 48.5 Å². The fourth-order valence-corrected chi connectivity index (χ4v) is 5.61. The Bertz CT molecular complexity index is 2000. The summed E-state index contributed by atoms with van der Waals surface area (Å²) in [5.74, 6) is -2.26. The summed E-state index contributed by atoms with van der Waals surface area (Å²) in [5, 5.41) is 20.0. The van der Waals surface area contributed by atoms with Crippen molar-refractivity contribution in [3.63, 3.8) is 0 Å². The Morgan fingerprint density at radius 1 is 0.638 bits per heavy atom. The normalized spacial score (nSPS) is 10.2. The molecular formula is C35H26N4O6S2. The van der Waals surface area contributed by atoms with E-state index < -0.39 is 11.9 Å². The van der Waals surface area contributed by atoms with Gasteiger partial charge in [-0.25, -0.2) is 19.6 Å². The van der Waals surface area contributed by atoms with Crippen LogP contribution in [-0.4, -0.2) is 45.9 Å². The van der Waals surface area contributed by atoms with Crippen LogP contribution < -0.4 is 10.6 Å². The summed E-state index contributed by atoms with van der Waals surface area (Å²) in [7, 11) is 1.31.